The van der Waals surface area contributed by atoms with Gasteiger partial charge < -0.3 is 10.2 Å². The van der Waals surface area contributed by atoms with Crippen molar-refractivity contribution in [1.29, 1.82) is 0 Å². The van der Waals surface area contributed by atoms with Crippen LogP contribution >= 0.6 is 23.2 Å². The van der Waals surface area contributed by atoms with E-state index in [-0.39, 0.29) is 10.6 Å². The summed E-state index contributed by atoms with van der Waals surface area (Å²) < 4.78 is 13.9. The molecule has 3 nitrogen and oxygen atoms in total. The zero-order chi connectivity index (χ0) is 14.9. The van der Waals surface area contributed by atoms with E-state index in [0.29, 0.717) is 16.1 Å². The summed E-state index contributed by atoms with van der Waals surface area (Å²) in [7, 11) is 0. The smallest absolute Gasteiger partial charge is 0.337 e. The average Bonchev–Trinajstić information content (AvgIpc) is 2.41. The van der Waals surface area contributed by atoms with Crippen molar-refractivity contribution in [1.82, 2.24) is 0 Å². The molecule has 0 aliphatic rings. The van der Waals surface area contributed by atoms with Crippen LogP contribution in [0.4, 0.5) is 4.39 Å². The molecular formula is C14H9Cl2FO3. The van der Waals surface area contributed by atoms with Crippen LogP contribution < -0.4 is 0 Å². The Kier molecular flexibility index (Phi) is 4.28. The summed E-state index contributed by atoms with van der Waals surface area (Å²) >= 11 is 11.9. The summed E-state index contributed by atoms with van der Waals surface area (Å²) in [6, 6.07) is 8.73. The van der Waals surface area contributed by atoms with Crippen LogP contribution in [0.5, 0.6) is 0 Å². The molecule has 0 aliphatic heterocycles. The van der Waals surface area contributed by atoms with Gasteiger partial charge in [0.25, 0.3) is 0 Å². The Morgan fingerprint density at radius 3 is 2.50 bits per heavy atom. The van der Waals surface area contributed by atoms with Crippen molar-refractivity contribution >= 4 is 29.2 Å². The number of carboxylic acid groups (broad SMARTS) is 1. The summed E-state index contributed by atoms with van der Waals surface area (Å²) in [5.74, 6) is -2.34. The van der Waals surface area contributed by atoms with Crippen LogP contribution in [0.25, 0.3) is 11.1 Å². The molecule has 6 heteroatoms. The molecule has 104 valence electrons. The first-order valence-electron chi connectivity index (χ1n) is 5.56. The monoisotopic (exact) mass is 314 g/mol. The lowest BCUT2D eigenvalue weighted by Gasteiger charge is -2.10. The van der Waals surface area contributed by atoms with E-state index in [4.69, 9.17) is 28.3 Å². The second kappa shape index (κ2) is 5.79. The van der Waals surface area contributed by atoms with Crippen LogP contribution in [0.3, 0.4) is 0 Å². The standard InChI is InChI=1S/C14H9Cl2FO3/c15-10-3-1-2-8(12(10)16)7-4-5-9(11(17)6-7)13(18)14(19)20/h1-6,13,18H,(H,19,20). The summed E-state index contributed by atoms with van der Waals surface area (Å²) in [4.78, 5) is 10.7. The van der Waals surface area contributed by atoms with Gasteiger partial charge in [0.05, 0.1) is 10.0 Å². The van der Waals surface area contributed by atoms with Crippen LogP contribution in [0.2, 0.25) is 10.0 Å². The zero-order valence-corrected chi connectivity index (χ0v) is 11.5. The lowest BCUT2D eigenvalue weighted by Crippen LogP contribution is -2.12. The van der Waals surface area contributed by atoms with E-state index in [1.165, 1.54) is 12.1 Å². The molecular weight excluding hydrogens is 306 g/mol. The minimum atomic E-state index is -1.90. The Morgan fingerprint density at radius 1 is 1.20 bits per heavy atom. The van der Waals surface area contributed by atoms with Gasteiger partial charge in [0.1, 0.15) is 5.82 Å². The van der Waals surface area contributed by atoms with Crippen LogP contribution in [-0.2, 0) is 4.79 Å². The number of hydrogen-bond acceptors (Lipinski definition) is 2. The predicted molar refractivity (Wildman–Crippen MR) is 74.5 cm³/mol. The van der Waals surface area contributed by atoms with Gasteiger partial charge >= 0.3 is 5.97 Å². The SMILES string of the molecule is O=C(O)C(O)c1ccc(-c2cccc(Cl)c2Cl)cc1F. The molecule has 0 saturated carbocycles. The topological polar surface area (TPSA) is 57.5 Å². The first-order chi connectivity index (χ1) is 9.41. The molecule has 0 saturated heterocycles. The fourth-order valence-electron chi connectivity index (χ4n) is 1.78. The van der Waals surface area contributed by atoms with Crippen LogP contribution in [0.1, 0.15) is 11.7 Å². The highest BCUT2D eigenvalue weighted by Crippen LogP contribution is 2.34. The van der Waals surface area contributed by atoms with E-state index < -0.39 is 17.9 Å². The second-order valence-corrected chi connectivity index (χ2v) is 4.86. The number of aliphatic hydroxyl groups is 1. The predicted octanol–water partition coefficient (Wildman–Crippen LogP) is 3.92. The van der Waals surface area contributed by atoms with Gasteiger partial charge in [-0.15, -0.1) is 0 Å². The molecule has 0 fully saturated rings. The number of carbonyl (C=O) groups is 1. The molecule has 0 bridgehead atoms. The molecule has 1 unspecified atom stereocenters. The number of aliphatic carboxylic acids is 1. The summed E-state index contributed by atoms with van der Waals surface area (Å²) in [6.07, 6.45) is -1.90. The van der Waals surface area contributed by atoms with Gasteiger partial charge in [-0.05, 0) is 17.7 Å². The first kappa shape index (κ1) is 14.8. The van der Waals surface area contributed by atoms with Gasteiger partial charge in [0.2, 0.25) is 0 Å². The third-order valence-electron chi connectivity index (χ3n) is 2.79. The van der Waals surface area contributed by atoms with Gasteiger partial charge in [-0.2, -0.15) is 0 Å². The summed E-state index contributed by atoms with van der Waals surface area (Å²) in [5.41, 5.74) is 0.658. The molecule has 0 heterocycles. The number of benzene rings is 2. The fourth-order valence-corrected chi connectivity index (χ4v) is 2.19. The van der Waals surface area contributed by atoms with Crippen LogP contribution in [0, 0.1) is 5.82 Å². The number of rotatable bonds is 3. The van der Waals surface area contributed by atoms with Gasteiger partial charge in [-0.3, -0.25) is 0 Å². The molecule has 0 aliphatic carbocycles. The van der Waals surface area contributed by atoms with Crippen molar-refractivity contribution < 1.29 is 19.4 Å². The van der Waals surface area contributed by atoms with Gasteiger partial charge in [0, 0.05) is 11.1 Å². The third-order valence-corrected chi connectivity index (χ3v) is 3.61. The van der Waals surface area contributed by atoms with Crippen LogP contribution in [-0.4, -0.2) is 16.2 Å². The van der Waals surface area contributed by atoms with Crippen molar-refractivity contribution in [3.8, 4) is 11.1 Å². The zero-order valence-electron chi connectivity index (χ0n) is 9.98. The van der Waals surface area contributed by atoms with Crippen molar-refractivity contribution in [3.63, 3.8) is 0 Å². The van der Waals surface area contributed by atoms with Crippen molar-refractivity contribution in [2.45, 2.75) is 6.10 Å². The van der Waals surface area contributed by atoms with Gasteiger partial charge in [0.15, 0.2) is 6.10 Å². The third kappa shape index (κ3) is 2.77. The molecule has 2 rings (SSSR count). The lowest BCUT2D eigenvalue weighted by molar-refractivity contribution is -0.147. The maximum absolute atomic E-state index is 13.9. The molecule has 20 heavy (non-hydrogen) atoms. The Bertz CT molecular complexity index is 673. The van der Waals surface area contributed by atoms with Gasteiger partial charge in [-0.25, -0.2) is 9.18 Å². The number of carboxylic acids is 1. The molecule has 2 aromatic rings. The highest BCUT2D eigenvalue weighted by Gasteiger charge is 2.20. The quantitative estimate of drug-likeness (QED) is 0.902. The summed E-state index contributed by atoms with van der Waals surface area (Å²) in [5, 5.41) is 18.6. The van der Waals surface area contributed by atoms with E-state index in [1.54, 1.807) is 18.2 Å². The number of hydrogen-bond donors (Lipinski definition) is 2. The Labute approximate surface area is 124 Å². The molecule has 0 radical (unpaired) electrons. The number of halogens is 3. The molecule has 0 amide bonds. The van der Waals surface area contributed by atoms with Gasteiger partial charge in [-0.1, -0.05) is 47.5 Å². The normalized spacial score (nSPS) is 12.2. The van der Waals surface area contributed by atoms with E-state index in [1.807, 2.05) is 0 Å². The minimum Gasteiger partial charge on any atom is -0.479 e. The maximum Gasteiger partial charge on any atom is 0.337 e. The molecule has 2 aromatic carbocycles. The van der Waals surface area contributed by atoms with E-state index in [2.05, 4.69) is 0 Å². The first-order valence-corrected chi connectivity index (χ1v) is 6.32. The second-order valence-electron chi connectivity index (χ2n) is 4.08. The van der Waals surface area contributed by atoms with Crippen molar-refractivity contribution in [3.05, 3.63) is 57.8 Å². The van der Waals surface area contributed by atoms with E-state index in [9.17, 15) is 14.3 Å². The minimum absolute atomic E-state index is 0.278. The molecule has 0 spiro atoms. The highest BCUT2D eigenvalue weighted by molar-refractivity contribution is 6.43. The van der Waals surface area contributed by atoms with E-state index in [0.717, 1.165) is 6.07 Å². The molecule has 0 aromatic heterocycles. The summed E-state index contributed by atoms with van der Waals surface area (Å²) in [6.45, 7) is 0. The lowest BCUT2D eigenvalue weighted by atomic mass is 10.0. The Hall–Kier alpha value is -1.62. The number of aliphatic hydroxyl groups excluding tert-OH is 1. The Morgan fingerprint density at radius 2 is 1.90 bits per heavy atom. The fraction of sp³-hybridized carbons (Fsp3) is 0.0714. The van der Waals surface area contributed by atoms with Crippen molar-refractivity contribution in [2.75, 3.05) is 0 Å². The maximum atomic E-state index is 13.9. The van der Waals surface area contributed by atoms with E-state index >= 15 is 0 Å². The van der Waals surface area contributed by atoms with Crippen molar-refractivity contribution in [2.24, 2.45) is 0 Å². The molecule has 1 atom stereocenters. The highest BCUT2D eigenvalue weighted by atomic mass is 35.5. The molecule has 2 N–H and O–H groups in total. The van der Waals surface area contributed by atoms with Crippen LogP contribution in [0.15, 0.2) is 36.4 Å². The Balaban J connectivity index is 2.49. The largest absolute Gasteiger partial charge is 0.479 e. The average molecular weight is 315 g/mol.